The molecule has 3 heterocycles. The second-order valence-corrected chi connectivity index (χ2v) is 9.81. The van der Waals surface area contributed by atoms with Crippen molar-refractivity contribution in [2.45, 2.75) is 4.90 Å². The Kier molecular flexibility index (Phi) is 5.24. The van der Waals surface area contributed by atoms with Crippen LogP contribution in [0.2, 0.25) is 0 Å². The molecule has 0 saturated carbocycles. The summed E-state index contributed by atoms with van der Waals surface area (Å²) in [5, 5.41) is 3.95. The first-order chi connectivity index (χ1) is 18.4. The maximum atomic E-state index is 14.2. The summed E-state index contributed by atoms with van der Waals surface area (Å²) in [7, 11) is -4.72. The summed E-state index contributed by atoms with van der Waals surface area (Å²) in [4.78, 5) is 22.9. The molecule has 0 aliphatic carbocycles. The van der Waals surface area contributed by atoms with Gasteiger partial charge in [-0.05, 0) is 35.9 Å². The van der Waals surface area contributed by atoms with Crippen LogP contribution in [0.4, 0.5) is 20.3 Å². The lowest BCUT2D eigenvalue weighted by atomic mass is 10.0. The Morgan fingerprint density at radius 1 is 1.06 bits per heavy atom. The van der Waals surface area contributed by atoms with Crippen molar-refractivity contribution < 1.29 is 21.3 Å². The zero-order valence-electron chi connectivity index (χ0n) is 21.7. The normalized spacial score (nSPS) is 15.8. The summed E-state index contributed by atoms with van der Waals surface area (Å²) < 4.78 is 79.2. The molecule has 5 rings (SSSR count). The fourth-order valence-electron chi connectivity index (χ4n) is 4.06. The minimum Gasteiger partial charge on any atom is -0.353 e. The number of benzene rings is 2. The van der Waals surface area contributed by atoms with Crippen LogP contribution in [0.5, 0.6) is 0 Å². The first-order valence-electron chi connectivity index (χ1n) is 12.4. The van der Waals surface area contributed by atoms with Gasteiger partial charge in [-0.3, -0.25) is 9.52 Å². The van der Waals surface area contributed by atoms with Crippen LogP contribution in [0.1, 0.15) is 4.11 Å². The van der Waals surface area contributed by atoms with Crippen molar-refractivity contribution in [2.75, 3.05) is 35.8 Å². The first-order valence-corrected chi connectivity index (χ1v) is 12.4. The second-order valence-electron chi connectivity index (χ2n) is 8.16. The number of anilines is 2. The highest BCUT2D eigenvalue weighted by Crippen LogP contribution is 2.30. The van der Waals surface area contributed by atoms with Gasteiger partial charge < -0.3 is 14.8 Å². The molecule has 1 fully saturated rings. The molecule has 0 amide bonds. The van der Waals surface area contributed by atoms with E-state index in [0.717, 1.165) is 25.4 Å². The molecular weight excluding hydrogens is 490 g/mol. The van der Waals surface area contributed by atoms with E-state index in [0.29, 0.717) is 52.1 Å². The molecule has 1 aliphatic rings. The van der Waals surface area contributed by atoms with Gasteiger partial charge in [0.2, 0.25) is 0 Å². The molecule has 4 aromatic rings. The highest BCUT2D eigenvalue weighted by atomic mass is 32.2. The number of hydrogen-bond acceptors (Lipinski definition) is 7. The van der Waals surface area contributed by atoms with Crippen LogP contribution in [-0.2, 0) is 17.0 Å². The molecule has 0 radical (unpaired) electrons. The molecule has 186 valence electrons. The fraction of sp³-hybridized carbons (Fsp3) is 0.208. The molecule has 2 aromatic heterocycles. The van der Waals surface area contributed by atoms with Gasteiger partial charge in [-0.25, -0.2) is 27.2 Å². The molecule has 1 saturated heterocycles. The molecule has 0 spiro atoms. The monoisotopic (exact) mass is 515 g/mol. The van der Waals surface area contributed by atoms with E-state index in [1.54, 1.807) is 18.2 Å². The predicted molar refractivity (Wildman–Crippen MR) is 132 cm³/mol. The predicted octanol–water partition coefficient (Wildman–Crippen LogP) is 2.48. The number of nitrogens with one attached hydrogen (secondary N) is 2. The Morgan fingerprint density at radius 3 is 2.61 bits per heavy atom. The Bertz CT molecular complexity index is 1740. The molecule has 0 atom stereocenters. The zero-order valence-corrected chi connectivity index (χ0v) is 19.5. The molecular formula is C24H22F2N6O3S. The Hall–Kier alpha value is -3.90. The highest BCUT2D eigenvalue weighted by molar-refractivity contribution is 7.92. The van der Waals surface area contributed by atoms with E-state index in [1.165, 1.54) is 12.4 Å². The summed E-state index contributed by atoms with van der Waals surface area (Å²) in [6, 6.07) is 8.10. The molecule has 12 heteroatoms. The summed E-state index contributed by atoms with van der Waals surface area (Å²) in [5.74, 6) is -1.68. The van der Waals surface area contributed by atoms with Gasteiger partial charge in [0.25, 0.3) is 15.6 Å². The van der Waals surface area contributed by atoms with Crippen LogP contribution in [0.15, 0.2) is 64.7 Å². The van der Waals surface area contributed by atoms with E-state index in [2.05, 4.69) is 20.2 Å². The number of aromatic nitrogens is 3. The molecule has 9 nitrogen and oxygen atoms in total. The summed E-state index contributed by atoms with van der Waals surface area (Å²) in [6.07, 6.45) is 2.55. The van der Waals surface area contributed by atoms with E-state index >= 15 is 0 Å². The van der Waals surface area contributed by atoms with Crippen LogP contribution in [0.3, 0.4) is 0 Å². The maximum Gasteiger partial charge on any atom is 0.274 e. The van der Waals surface area contributed by atoms with Gasteiger partial charge in [0.15, 0.2) is 0 Å². The van der Waals surface area contributed by atoms with Crippen LogP contribution >= 0.6 is 0 Å². The average molecular weight is 516 g/mol. The van der Waals surface area contributed by atoms with Crippen molar-refractivity contribution >= 4 is 32.4 Å². The number of sulfonamides is 1. The first kappa shape index (κ1) is 20.3. The van der Waals surface area contributed by atoms with Crippen molar-refractivity contribution in [3.05, 3.63) is 77.0 Å². The Labute approximate surface area is 209 Å². The van der Waals surface area contributed by atoms with Gasteiger partial charge in [0.05, 0.1) is 5.52 Å². The van der Waals surface area contributed by atoms with E-state index in [9.17, 15) is 22.0 Å². The second kappa shape index (κ2) is 9.28. The van der Waals surface area contributed by atoms with Crippen molar-refractivity contribution in [2.24, 2.45) is 6.98 Å². The summed E-state index contributed by atoms with van der Waals surface area (Å²) >= 11 is 0. The van der Waals surface area contributed by atoms with Crippen molar-refractivity contribution in [1.29, 1.82) is 0 Å². The number of pyridine rings is 1. The van der Waals surface area contributed by atoms with Gasteiger partial charge >= 0.3 is 0 Å². The quantitative estimate of drug-likeness (QED) is 0.420. The third-order valence-corrected chi connectivity index (χ3v) is 7.21. The third-order valence-electron chi connectivity index (χ3n) is 5.81. The number of hydrogen-bond donors (Lipinski definition) is 2. The summed E-state index contributed by atoms with van der Waals surface area (Å²) in [5.41, 5.74) is -0.506. The topological polar surface area (TPSA) is 109 Å². The maximum absolute atomic E-state index is 14.2. The number of piperazine rings is 1. The molecule has 0 bridgehead atoms. The van der Waals surface area contributed by atoms with Gasteiger partial charge in [-0.2, -0.15) is 0 Å². The Morgan fingerprint density at radius 2 is 1.86 bits per heavy atom. The van der Waals surface area contributed by atoms with E-state index in [4.69, 9.17) is 4.11 Å². The average Bonchev–Trinajstić information content (AvgIpc) is 2.88. The third kappa shape index (κ3) is 4.52. The molecule has 2 aromatic carbocycles. The SMILES string of the molecule is [2H]C([2H])([2H])n1cc(-c2ccc3ncnc(N4CCNCC4)c3c2)cc(NS(=O)(=O)c2ccc(F)cc2F)c1=O. The lowest BCUT2D eigenvalue weighted by Crippen LogP contribution is -2.44. The number of rotatable bonds is 5. The van der Waals surface area contributed by atoms with Crippen LogP contribution in [0, 0.1) is 11.6 Å². The van der Waals surface area contributed by atoms with Gasteiger partial charge in [-0.1, -0.05) is 6.07 Å². The van der Waals surface area contributed by atoms with Crippen molar-refractivity contribution in [3.63, 3.8) is 0 Å². The van der Waals surface area contributed by atoms with E-state index in [-0.39, 0.29) is 5.56 Å². The van der Waals surface area contributed by atoms with Gasteiger partial charge in [0, 0.05) is 60.5 Å². The smallest absolute Gasteiger partial charge is 0.274 e. The fourth-order valence-corrected chi connectivity index (χ4v) is 5.17. The highest BCUT2D eigenvalue weighted by Gasteiger charge is 2.22. The minimum atomic E-state index is -4.72. The number of fused-ring (bicyclic) bond motifs is 1. The lowest BCUT2D eigenvalue weighted by Gasteiger charge is -2.29. The van der Waals surface area contributed by atoms with Crippen molar-refractivity contribution in [3.8, 4) is 11.1 Å². The van der Waals surface area contributed by atoms with Crippen molar-refractivity contribution in [1.82, 2.24) is 19.9 Å². The van der Waals surface area contributed by atoms with Gasteiger partial charge in [0.1, 0.15) is 34.4 Å². The van der Waals surface area contributed by atoms with E-state index < -0.39 is 44.8 Å². The van der Waals surface area contributed by atoms with Crippen LogP contribution in [0.25, 0.3) is 22.0 Å². The molecule has 2 N–H and O–H groups in total. The zero-order chi connectivity index (χ0) is 27.9. The van der Waals surface area contributed by atoms with E-state index in [1.807, 2.05) is 4.72 Å². The Balaban J connectivity index is 1.64. The number of nitrogens with zero attached hydrogens (tertiary/aromatic N) is 4. The standard InChI is InChI=1S/C24H22F2N6O3S/c1-31-13-16(11-21(24(31)33)30-36(34,35)22-5-3-17(25)12-19(22)26)15-2-4-20-18(10-15)23(29-14-28-20)32-8-6-27-7-9-32/h2-5,10-14,27,30H,6-9H2,1H3/i1D3. The molecule has 0 unspecified atom stereocenters. The van der Waals surface area contributed by atoms with Crippen LogP contribution in [-0.4, -0.2) is 49.1 Å². The lowest BCUT2D eigenvalue weighted by molar-refractivity contribution is 0.551. The minimum absolute atomic E-state index is 0.194. The largest absolute Gasteiger partial charge is 0.353 e. The summed E-state index contributed by atoms with van der Waals surface area (Å²) in [6.45, 7) is 0.0123. The molecule has 36 heavy (non-hydrogen) atoms. The molecule has 1 aliphatic heterocycles. The number of halogens is 2. The van der Waals surface area contributed by atoms with Gasteiger partial charge in [-0.15, -0.1) is 0 Å². The number of aryl methyl sites for hydroxylation is 1. The van der Waals surface area contributed by atoms with Crippen LogP contribution < -0.4 is 20.5 Å².